The maximum absolute atomic E-state index is 10.8. The van der Waals surface area contributed by atoms with Gasteiger partial charge in [-0.05, 0) is 0 Å². The van der Waals surface area contributed by atoms with Crippen molar-refractivity contribution in [2.75, 3.05) is 0 Å². The van der Waals surface area contributed by atoms with E-state index < -0.39 is 44.2 Å². The van der Waals surface area contributed by atoms with Crippen LogP contribution in [-0.4, -0.2) is 148 Å². The average Bonchev–Trinajstić information content (AvgIpc) is 1.96. The van der Waals surface area contributed by atoms with Crippen molar-refractivity contribution in [1.29, 1.82) is 0 Å². The van der Waals surface area contributed by atoms with Crippen LogP contribution in [0, 0.1) is 0 Å². The molecule has 0 spiro atoms. The Morgan fingerprint density at radius 3 is 1.27 bits per heavy atom. The van der Waals surface area contributed by atoms with Gasteiger partial charge in [0.2, 0.25) is 0 Å². The summed E-state index contributed by atoms with van der Waals surface area (Å²) in [6.45, 7) is 0. The summed E-state index contributed by atoms with van der Waals surface area (Å²) in [4.78, 5) is 48.5. The van der Waals surface area contributed by atoms with Crippen LogP contribution in [0.5, 0.6) is 0 Å². The predicted molar refractivity (Wildman–Crippen MR) is 76.7 cm³/mol. The van der Waals surface area contributed by atoms with Gasteiger partial charge in [0, 0.05) is 0 Å². The molecule has 0 aliphatic rings. The SMILES string of the molecule is O.O.O=C(O)CC(CC(=O)O)(OP(=O)(O)O)C(=O)O.[NaH].[NaH].[NaH]. The zero-order chi connectivity index (χ0) is 13.9. The molecule has 0 aromatic carbocycles. The number of phosphoric acid groups is 1. The molecule has 16 heteroatoms. The maximum atomic E-state index is 10.8. The molecule has 0 saturated carbocycles. The van der Waals surface area contributed by atoms with E-state index in [-0.39, 0.29) is 99.6 Å². The van der Waals surface area contributed by atoms with E-state index in [4.69, 9.17) is 25.1 Å². The minimum absolute atomic E-state index is 0. The van der Waals surface area contributed by atoms with E-state index in [2.05, 4.69) is 4.52 Å². The summed E-state index contributed by atoms with van der Waals surface area (Å²) in [5.74, 6) is -5.64. The second-order valence-corrected chi connectivity index (χ2v) is 4.19. The van der Waals surface area contributed by atoms with Crippen molar-refractivity contribution in [2.45, 2.75) is 18.4 Å². The molecule has 0 rings (SSSR count). The molecule has 0 aromatic heterocycles. The van der Waals surface area contributed by atoms with Crippen molar-refractivity contribution < 1.29 is 59.5 Å². The molecule has 0 bridgehead atoms. The van der Waals surface area contributed by atoms with Gasteiger partial charge in [0.15, 0.2) is 5.60 Å². The summed E-state index contributed by atoms with van der Waals surface area (Å²) in [5, 5.41) is 25.5. The number of rotatable bonds is 7. The van der Waals surface area contributed by atoms with Crippen LogP contribution >= 0.6 is 7.82 Å². The molecular weight excluding hydrogens is 364 g/mol. The Hall–Kier alpha value is 1.44. The molecule has 0 aliphatic carbocycles. The molecule has 0 radical (unpaired) electrons. The van der Waals surface area contributed by atoms with Gasteiger partial charge in [-0.25, -0.2) is 9.36 Å². The molecule has 0 aromatic rings. The van der Waals surface area contributed by atoms with E-state index in [0.717, 1.165) is 0 Å². The Balaban J connectivity index is -0.000000128. The van der Waals surface area contributed by atoms with E-state index in [1.165, 1.54) is 0 Å². The van der Waals surface area contributed by atoms with E-state index in [1.807, 2.05) is 0 Å². The monoisotopic (exact) mass is 380 g/mol. The molecular formula is C6H16Na3O12P. The van der Waals surface area contributed by atoms with Gasteiger partial charge in [-0.1, -0.05) is 0 Å². The summed E-state index contributed by atoms with van der Waals surface area (Å²) in [6, 6.07) is 0. The summed E-state index contributed by atoms with van der Waals surface area (Å²) in [5.41, 5.74) is -3.02. The zero-order valence-corrected chi connectivity index (χ0v) is 10.0. The first-order chi connectivity index (χ1) is 7.48. The zero-order valence-electron chi connectivity index (χ0n) is 9.14. The Morgan fingerprint density at radius 2 is 1.14 bits per heavy atom. The van der Waals surface area contributed by atoms with Crippen molar-refractivity contribution in [1.82, 2.24) is 0 Å². The number of carboxylic acid groups (broad SMARTS) is 3. The van der Waals surface area contributed by atoms with E-state index in [0.29, 0.717) is 0 Å². The van der Waals surface area contributed by atoms with E-state index in [9.17, 15) is 18.9 Å². The van der Waals surface area contributed by atoms with Crippen LogP contribution in [0.4, 0.5) is 0 Å². The van der Waals surface area contributed by atoms with Crippen LogP contribution < -0.4 is 0 Å². The van der Waals surface area contributed by atoms with Gasteiger partial charge in [0.05, 0.1) is 12.8 Å². The number of hydrogen-bond acceptors (Lipinski definition) is 5. The topological polar surface area (TPSA) is 242 Å². The predicted octanol–water partition coefficient (Wildman–Crippen LogP) is -4.73. The van der Waals surface area contributed by atoms with Crippen LogP contribution in [0.2, 0.25) is 0 Å². The summed E-state index contributed by atoms with van der Waals surface area (Å²) >= 11 is 0. The van der Waals surface area contributed by atoms with Gasteiger partial charge in [0.1, 0.15) is 0 Å². The summed E-state index contributed by atoms with van der Waals surface area (Å²) in [6.07, 6.45) is -2.81. The van der Waals surface area contributed by atoms with Crippen molar-refractivity contribution in [3.63, 3.8) is 0 Å². The fourth-order valence-corrected chi connectivity index (χ4v) is 1.70. The van der Waals surface area contributed by atoms with E-state index >= 15 is 0 Å². The molecule has 0 saturated heterocycles. The van der Waals surface area contributed by atoms with Crippen molar-refractivity contribution >= 4 is 114 Å². The van der Waals surface area contributed by atoms with Gasteiger partial charge >= 0.3 is 114 Å². The summed E-state index contributed by atoms with van der Waals surface area (Å²) in [7, 11) is -5.36. The molecule has 120 valence electrons. The second kappa shape index (κ2) is 15.9. The molecule has 0 amide bonds. The third-order valence-corrected chi connectivity index (χ3v) is 2.14. The fraction of sp³-hybridized carbons (Fsp3) is 0.500. The van der Waals surface area contributed by atoms with Crippen molar-refractivity contribution in [3.05, 3.63) is 0 Å². The minimum atomic E-state index is -5.36. The van der Waals surface area contributed by atoms with Crippen LogP contribution in [0.15, 0.2) is 0 Å². The summed E-state index contributed by atoms with van der Waals surface area (Å²) < 4.78 is 14.4. The quantitative estimate of drug-likeness (QED) is 0.208. The third-order valence-electron chi connectivity index (χ3n) is 1.56. The number of carbonyl (C=O) groups is 3. The average molecular weight is 380 g/mol. The normalized spacial score (nSPS) is 9.36. The molecule has 0 heterocycles. The van der Waals surface area contributed by atoms with Crippen molar-refractivity contribution in [3.8, 4) is 0 Å². The van der Waals surface area contributed by atoms with Gasteiger partial charge < -0.3 is 36.1 Å². The van der Waals surface area contributed by atoms with Gasteiger partial charge in [-0.15, -0.1) is 0 Å². The van der Waals surface area contributed by atoms with Crippen LogP contribution in [-0.2, 0) is 23.5 Å². The number of aliphatic carboxylic acids is 3. The number of hydrogen-bond donors (Lipinski definition) is 5. The molecule has 22 heavy (non-hydrogen) atoms. The first-order valence-corrected chi connectivity index (χ1v) is 5.45. The van der Waals surface area contributed by atoms with Gasteiger partial charge in [0.25, 0.3) is 0 Å². The number of carboxylic acids is 3. The fourth-order valence-electron chi connectivity index (χ4n) is 1.03. The number of phosphoric ester groups is 1. The second-order valence-electron chi connectivity index (χ2n) is 3.02. The molecule has 0 aliphatic heterocycles. The molecule has 12 nitrogen and oxygen atoms in total. The van der Waals surface area contributed by atoms with Gasteiger partial charge in [-0.2, -0.15) is 0 Å². The first-order valence-electron chi connectivity index (χ1n) is 3.92. The molecule has 0 atom stereocenters. The van der Waals surface area contributed by atoms with E-state index in [1.54, 1.807) is 0 Å². The molecule has 9 N–H and O–H groups in total. The van der Waals surface area contributed by atoms with Crippen LogP contribution in [0.3, 0.4) is 0 Å². The molecule has 0 fully saturated rings. The first kappa shape index (κ1) is 38.8. The standard InChI is InChI=1S/C6H9O10P.3Na.2H2O.3H/c7-3(8)1-6(5(11)12,2-4(9)10)16-17(13,14)15;;;;;;;;/h1-2H2,(H,7,8)(H,9,10)(H,11,12)(H2,13,14,15);;;;2*1H2;;;. The van der Waals surface area contributed by atoms with Crippen molar-refractivity contribution in [2.24, 2.45) is 0 Å². The third kappa shape index (κ3) is 16.3. The van der Waals surface area contributed by atoms with Crippen LogP contribution in [0.1, 0.15) is 12.8 Å². The Kier molecular flexibility index (Phi) is 28.1. The Labute approximate surface area is 190 Å². The molecule has 0 unspecified atom stereocenters. The Bertz CT molecular complexity index is 378. The van der Waals surface area contributed by atoms with Crippen LogP contribution in [0.25, 0.3) is 0 Å². The Morgan fingerprint density at radius 1 is 0.864 bits per heavy atom. The van der Waals surface area contributed by atoms with Gasteiger partial charge in [-0.3, -0.25) is 14.1 Å².